The van der Waals surface area contributed by atoms with Crippen LogP contribution in [0.2, 0.25) is 0 Å². The van der Waals surface area contributed by atoms with E-state index in [1.807, 2.05) is 25.1 Å². The third kappa shape index (κ3) is 5.57. The number of phenolic OH excluding ortho intramolecular Hbond substituents is 1. The van der Waals surface area contributed by atoms with Gasteiger partial charge in [0.15, 0.2) is 6.61 Å². The van der Waals surface area contributed by atoms with Crippen molar-refractivity contribution in [2.45, 2.75) is 20.3 Å². The lowest BCUT2D eigenvalue weighted by atomic mass is 10.1. The summed E-state index contributed by atoms with van der Waals surface area (Å²) in [5.74, 6) is -1.99. The molecular formula is C20H22N2O5. The van der Waals surface area contributed by atoms with Gasteiger partial charge in [0.2, 0.25) is 5.91 Å². The molecule has 0 fully saturated rings. The maximum Gasteiger partial charge on any atom is 0.342 e. The van der Waals surface area contributed by atoms with Crippen LogP contribution >= 0.6 is 0 Å². The highest BCUT2D eigenvalue weighted by atomic mass is 16.5. The molecule has 0 radical (unpaired) electrons. The van der Waals surface area contributed by atoms with Gasteiger partial charge in [0, 0.05) is 5.69 Å². The molecule has 0 unspecified atom stereocenters. The van der Waals surface area contributed by atoms with E-state index < -0.39 is 18.5 Å². The highest BCUT2D eigenvalue weighted by Gasteiger charge is 2.16. The molecule has 0 aliphatic carbocycles. The fourth-order valence-electron chi connectivity index (χ4n) is 2.41. The number of esters is 1. The second kappa shape index (κ2) is 9.38. The molecule has 3 N–H and O–H groups in total. The Morgan fingerprint density at radius 2 is 1.78 bits per heavy atom. The first-order valence-corrected chi connectivity index (χ1v) is 8.52. The first-order valence-electron chi connectivity index (χ1n) is 8.52. The summed E-state index contributed by atoms with van der Waals surface area (Å²) in [6, 6.07) is 12.0. The zero-order valence-electron chi connectivity index (χ0n) is 15.2. The van der Waals surface area contributed by atoms with Gasteiger partial charge in [0.25, 0.3) is 5.91 Å². The summed E-state index contributed by atoms with van der Waals surface area (Å²) < 4.78 is 4.87. The van der Waals surface area contributed by atoms with Crippen LogP contribution in [0.15, 0.2) is 42.5 Å². The molecule has 7 nitrogen and oxygen atoms in total. The lowest BCUT2D eigenvalue weighted by molar-refractivity contribution is -0.126. The first kappa shape index (κ1) is 20.0. The number of hydrogen-bond donors (Lipinski definition) is 3. The number of phenols is 1. The SMILES string of the molecule is CCc1ccccc1NC(=O)CNC(=O)COC(=O)c1cccc(C)c1O. The van der Waals surface area contributed by atoms with Crippen LogP contribution < -0.4 is 10.6 Å². The van der Waals surface area contributed by atoms with Crippen molar-refractivity contribution in [3.05, 3.63) is 59.2 Å². The Morgan fingerprint density at radius 3 is 2.52 bits per heavy atom. The van der Waals surface area contributed by atoms with Gasteiger partial charge < -0.3 is 20.5 Å². The number of aryl methyl sites for hydroxylation is 2. The Morgan fingerprint density at radius 1 is 1.04 bits per heavy atom. The van der Waals surface area contributed by atoms with Gasteiger partial charge in [0.05, 0.1) is 6.54 Å². The monoisotopic (exact) mass is 370 g/mol. The molecule has 0 saturated carbocycles. The molecule has 0 heterocycles. The van der Waals surface area contributed by atoms with Crippen molar-refractivity contribution in [1.29, 1.82) is 0 Å². The molecule has 142 valence electrons. The zero-order valence-corrected chi connectivity index (χ0v) is 15.2. The molecule has 7 heteroatoms. The Kier molecular flexibility index (Phi) is 6.93. The Hall–Kier alpha value is -3.35. The molecule has 0 spiro atoms. The number of nitrogens with one attached hydrogen (secondary N) is 2. The van der Waals surface area contributed by atoms with Crippen LogP contribution in [-0.4, -0.2) is 36.0 Å². The minimum atomic E-state index is -0.812. The van der Waals surface area contributed by atoms with Crippen molar-refractivity contribution >= 4 is 23.5 Å². The molecule has 2 rings (SSSR count). The highest BCUT2D eigenvalue weighted by molar-refractivity contribution is 5.96. The van der Waals surface area contributed by atoms with Crippen LogP contribution in [-0.2, 0) is 20.7 Å². The number of benzene rings is 2. The van der Waals surface area contributed by atoms with E-state index in [4.69, 9.17) is 4.74 Å². The fourth-order valence-corrected chi connectivity index (χ4v) is 2.41. The quantitative estimate of drug-likeness (QED) is 0.648. The predicted molar refractivity (Wildman–Crippen MR) is 101 cm³/mol. The summed E-state index contributed by atoms with van der Waals surface area (Å²) >= 11 is 0. The molecule has 0 atom stereocenters. The molecule has 0 aliphatic rings. The topological polar surface area (TPSA) is 105 Å². The number of carbonyl (C=O) groups excluding carboxylic acids is 3. The lowest BCUT2D eigenvalue weighted by Crippen LogP contribution is -2.35. The Labute approximate surface area is 157 Å². The third-order valence-corrected chi connectivity index (χ3v) is 3.91. The van der Waals surface area contributed by atoms with Crippen LogP contribution in [0.4, 0.5) is 5.69 Å². The van der Waals surface area contributed by atoms with Crippen molar-refractivity contribution in [2.75, 3.05) is 18.5 Å². The van der Waals surface area contributed by atoms with Gasteiger partial charge >= 0.3 is 5.97 Å². The number of anilines is 1. The van der Waals surface area contributed by atoms with E-state index in [0.29, 0.717) is 11.3 Å². The van der Waals surface area contributed by atoms with E-state index in [1.54, 1.807) is 25.1 Å². The number of para-hydroxylation sites is 2. The van der Waals surface area contributed by atoms with Crippen molar-refractivity contribution in [2.24, 2.45) is 0 Å². The highest BCUT2D eigenvalue weighted by Crippen LogP contribution is 2.22. The second-order valence-electron chi connectivity index (χ2n) is 5.88. The molecule has 0 bridgehead atoms. The van der Waals surface area contributed by atoms with Gasteiger partial charge in [-0.05, 0) is 36.6 Å². The lowest BCUT2D eigenvalue weighted by Gasteiger charge is -2.11. The van der Waals surface area contributed by atoms with Crippen LogP contribution in [0.1, 0.15) is 28.4 Å². The van der Waals surface area contributed by atoms with Gasteiger partial charge in [-0.1, -0.05) is 37.3 Å². The molecule has 2 aromatic rings. The van der Waals surface area contributed by atoms with Gasteiger partial charge in [-0.2, -0.15) is 0 Å². The molecule has 27 heavy (non-hydrogen) atoms. The average molecular weight is 370 g/mol. The van der Waals surface area contributed by atoms with Crippen LogP contribution in [0.25, 0.3) is 0 Å². The summed E-state index contributed by atoms with van der Waals surface area (Å²) in [4.78, 5) is 35.7. The standard InChI is InChI=1S/C20H22N2O5/c1-3-14-8-4-5-10-16(14)22-17(23)11-21-18(24)12-27-20(26)15-9-6-7-13(2)19(15)25/h4-10,25H,3,11-12H2,1-2H3,(H,21,24)(H,22,23). The zero-order chi connectivity index (χ0) is 19.8. The summed E-state index contributed by atoms with van der Waals surface area (Å²) in [5.41, 5.74) is 2.19. The molecule has 2 aromatic carbocycles. The van der Waals surface area contributed by atoms with Gasteiger partial charge in [-0.3, -0.25) is 9.59 Å². The van der Waals surface area contributed by atoms with E-state index in [0.717, 1.165) is 12.0 Å². The van der Waals surface area contributed by atoms with Crippen molar-refractivity contribution in [3.63, 3.8) is 0 Å². The Bertz CT molecular complexity index is 848. The van der Waals surface area contributed by atoms with Gasteiger partial charge in [-0.25, -0.2) is 4.79 Å². The van der Waals surface area contributed by atoms with E-state index in [-0.39, 0.29) is 23.8 Å². The van der Waals surface area contributed by atoms with Gasteiger partial charge in [-0.15, -0.1) is 0 Å². The Balaban J connectivity index is 1.79. The number of hydrogen-bond acceptors (Lipinski definition) is 5. The van der Waals surface area contributed by atoms with Crippen LogP contribution in [0.5, 0.6) is 5.75 Å². The van der Waals surface area contributed by atoms with E-state index in [1.165, 1.54) is 6.07 Å². The molecule has 0 aliphatic heterocycles. The number of ether oxygens (including phenoxy) is 1. The van der Waals surface area contributed by atoms with E-state index in [9.17, 15) is 19.5 Å². The number of aromatic hydroxyl groups is 1. The van der Waals surface area contributed by atoms with E-state index in [2.05, 4.69) is 10.6 Å². The minimum Gasteiger partial charge on any atom is -0.507 e. The van der Waals surface area contributed by atoms with Crippen molar-refractivity contribution < 1.29 is 24.2 Å². The number of rotatable bonds is 7. The number of carbonyl (C=O) groups is 3. The molecule has 0 saturated heterocycles. The summed E-state index contributed by atoms with van der Waals surface area (Å²) in [7, 11) is 0. The largest absolute Gasteiger partial charge is 0.507 e. The summed E-state index contributed by atoms with van der Waals surface area (Å²) in [5, 5.41) is 14.9. The average Bonchev–Trinajstić information content (AvgIpc) is 2.67. The minimum absolute atomic E-state index is 0.0169. The third-order valence-electron chi connectivity index (χ3n) is 3.91. The summed E-state index contributed by atoms with van der Waals surface area (Å²) in [6.45, 7) is 2.83. The van der Waals surface area contributed by atoms with Crippen molar-refractivity contribution in [3.8, 4) is 5.75 Å². The maximum absolute atomic E-state index is 12.0. The summed E-state index contributed by atoms with van der Waals surface area (Å²) in [6.07, 6.45) is 0.768. The van der Waals surface area contributed by atoms with E-state index >= 15 is 0 Å². The molecule has 2 amide bonds. The van der Waals surface area contributed by atoms with Crippen molar-refractivity contribution in [1.82, 2.24) is 5.32 Å². The maximum atomic E-state index is 12.0. The van der Waals surface area contributed by atoms with Crippen LogP contribution in [0.3, 0.4) is 0 Å². The van der Waals surface area contributed by atoms with Gasteiger partial charge in [0.1, 0.15) is 11.3 Å². The predicted octanol–water partition coefficient (Wildman–Crippen LogP) is 2.17. The fraction of sp³-hybridized carbons (Fsp3) is 0.250. The van der Waals surface area contributed by atoms with Crippen LogP contribution in [0, 0.1) is 6.92 Å². The second-order valence-corrected chi connectivity index (χ2v) is 5.88. The first-order chi connectivity index (χ1) is 12.9. The number of amides is 2. The molecule has 0 aromatic heterocycles. The normalized spacial score (nSPS) is 10.1. The smallest absolute Gasteiger partial charge is 0.342 e. The molecular weight excluding hydrogens is 348 g/mol.